The lowest BCUT2D eigenvalue weighted by atomic mass is 9.88. The molecule has 0 aliphatic heterocycles. The standard InChI is InChI=1S/C12H18Br2N2O/c1-12(2,4-3-5-17)8-16-11-10(14)6-9(13)7-15-11/h6-7,17H,3-5,8H2,1-2H3,(H,15,16). The van der Waals surface area contributed by atoms with Gasteiger partial charge in [0.25, 0.3) is 0 Å². The Balaban J connectivity index is 2.54. The first kappa shape index (κ1) is 14.9. The lowest BCUT2D eigenvalue weighted by molar-refractivity contribution is 0.248. The molecule has 0 spiro atoms. The number of anilines is 1. The minimum absolute atomic E-state index is 0.150. The van der Waals surface area contributed by atoms with Crippen LogP contribution in [-0.2, 0) is 0 Å². The first-order valence-corrected chi connectivity index (χ1v) is 7.19. The Morgan fingerprint density at radius 2 is 2.12 bits per heavy atom. The molecular weight excluding hydrogens is 348 g/mol. The molecule has 0 unspecified atom stereocenters. The topological polar surface area (TPSA) is 45.1 Å². The number of aliphatic hydroxyl groups is 1. The number of halogens is 2. The Bertz CT molecular complexity index is 370. The van der Waals surface area contributed by atoms with Gasteiger partial charge in [-0.05, 0) is 56.2 Å². The van der Waals surface area contributed by atoms with E-state index in [9.17, 15) is 0 Å². The van der Waals surface area contributed by atoms with Crippen LogP contribution in [-0.4, -0.2) is 23.2 Å². The fraction of sp³-hybridized carbons (Fsp3) is 0.583. The molecule has 0 amide bonds. The van der Waals surface area contributed by atoms with Crippen molar-refractivity contribution in [1.29, 1.82) is 0 Å². The summed E-state index contributed by atoms with van der Waals surface area (Å²) in [6, 6.07) is 1.97. The Kier molecular flexibility index (Phi) is 5.89. The summed E-state index contributed by atoms with van der Waals surface area (Å²) in [6.07, 6.45) is 3.60. The zero-order chi connectivity index (χ0) is 12.9. The van der Waals surface area contributed by atoms with E-state index in [-0.39, 0.29) is 12.0 Å². The fourth-order valence-electron chi connectivity index (χ4n) is 1.51. The van der Waals surface area contributed by atoms with Crippen molar-refractivity contribution >= 4 is 37.7 Å². The van der Waals surface area contributed by atoms with Crippen LogP contribution in [0.25, 0.3) is 0 Å². The van der Waals surface area contributed by atoms with E-state index in [0.717, 1.165) is 34.1 Å². The minimum Gasteiger partial charge on any atom is -0.396 e. The normalized spacial score (nSPS) is 11.6. The van der Waals surface area contributed by atoms with E-state index in [0.29, 0.717) is 0 Å². The molecule has 0 radical (unpaired) electrons. The van der Waals surface area contributed by atoms with Crippen molar-refractivity contribution in [3.05, 3.63) is 21.2 Å². The average Bonchev–Trinajstić information content (AvgIpc) is 2.25. The maximum absolute atomic E-state index is 8.84. The number of rotatable bonds is 6. The highest BCUT2D eigenvalue weighted by Gasteiger charge is 2.17. The number of aromatic nitrogens is 1. The number of nitrogens with one attached hydrogen (secondary N) is 1. The molecule has 0 atom stereocenters. The molecule has 0 saturated heterocycles. The van der Waals surface area contributed by atoms with E-state index in [2.05, 4.69) is 56.0 Å². The number of hydrogen-bond acceptors (Lipinski definition) is 3. The third-order valence-corrected chi connectivity index (χ3v) is 3.59. The zero-order valence-corrected chi connectivity index (χ0v) is 13.3. The molecule has 0 aliphatic carbocycles. The fourth-order valence-corrected chi connectivity index (χ4v) is 2.64. The van der Waals surface area contributed by atoms with Crippen LogP contribution < -0.4 is 5.32 Å². The van der Waals surface area contributed by atoms with Crippen molar-refractivity contribution in [2.45, 2.75) is 26.7 Å². The quantitative estimate of drug-likeness (QED) is 0.805. The highest BCUT2D eigenvalue weighted by atomic mass is 79.9. The van der Waals surface area contributed by atoms with Crippen LogP contribution in [0.5, 0.6) is 0 Å². The van der Waals surface area contributed by atoms with Crippen molar-refractivity contribution < 1.29 is 5.11 Å². The molecule has 3 nitrogen and oxygen atoms in total. The predicted octanol–water partition coefficient (Wildman–Crippen LogP) is 3.82. The molecule has 96 valence electrons. The molecular formula is C12H18Br2N2O. The lowest BCUT2D eigenvalue weighted by Crippen LogP contribution is -2.24. The van der Waals surface area contributed by atoms with Crippen molar-refractivity contribution in [1.82, 2.24) is 4.98 Å². The van der Waals surface area contributed by atoms with E-state index in [4.69, 9.17) is 5.11 Å². The second-order valence-electron chi connectivity index (χ2n) is 4.83. The Morgan fingerprint density at radius 1 is 1.41 bits per heavy atom. The molecule has 17 heavy (non-hydrogen) atoms. The minimum atomic E-state index is 0.150. The van der Waals surface area contributed by atoms with Crippen molar-refractivity contribution in [3.8, 4) is 0 Å². The van der Waals surface area contributed by atoms with Crippen molar-refractivity contribution in [3.63, 3.8) is 0 Å². The summed E-state index contributed by atoms with van der Waals surface area (Å²) in [5.74, 6) is 0.852. The maximum atomic E-state index is 8.84. The Labute approximate surface area is 119 Å². The second-order valence-corrected chi connectivity index (χ2v) is 6.60. The average molecular weight is 366 g/mol. The third kappa shape index (κ3) is 5.36. The maximum Gasteiger partial charge on any atom is 0.140 e. The van der Waals surface area contributed by atoms with Gasteiger partial charge >= 0.3 is 0 Å². The molecule has 2 N–H and O–H groups in total. The molecule has 0 bridgehead atoms. The Morgan fingerprint density at radius 3 is 2.71 bits per heavy atom. The van der Waals surface area contributed by atoms with Crippen LogP contribution in [0.1, 0.15) is 26.7 Å². The van der Waals surface area contributed by atoms with Crippen LogP contribution in [0.15, 0.2) is 21.2 Å². The summed E-state index contributed by atoms with van der Waals surface area (Å²) in [4.78, 5) is 4.31. The summed E-state index contributed by atoms with van der Waals surface area (Å²) in [7, 11) is 0. The SMILES string of the molecule is CC(C)(CCCO)CNc1ncc(Br)cc1Br. The molecule has 0 fully saturated rings. The van der Waals surface area contributed by atoms with Gasteiger partial charge in [0.2, 0.25) is 0 Å². The van der Waals surface area contributed by atoms with Crippen molar-refractivity contribution in [2.24, 2.45) is 5.41 Å². The highest BCUT2D eigenvalue weighted by Crippen LogP contribution is 2.26. The van der Waals surface area contributed by atoms with Crippen LogP contribution in [0.3, 0.4) is 0 Å². The number of pyridine rings is 1. The second kappa shape index (κ2) is 6.71. The number of nitrogens with zero attached hydrogens (tertiary/aromatic N) is 1. The third-order valence-electron chi connectivity index (χ3n) is 2.55. The summed E-state index contributed by atoms with van der Waals surface area (Å²) >= 11 is 6.85. The van der Waals surface area contributed by atoms with E-state index in [1.165, 1.54) is 0 Å². The number of aliphatic hydroxyl groups excluding tert-OH is 1. The molecule has 0 saturated carbocycles. The smallest absolute Gasteiger partial charge is 0.140 e. The van der Waals surface area contributed by atoms with Gasteiger partial charge in [-0.1, -0.05) is 13.8 Å². The summed E-state index contributed by atoms with van der Waals surface area (Å²) in [5.41, 5.74) is 0.150. The lowest BCUT2D eigenvalue weighted by Gasteiger charge is -2.25. The van der Waals surface area contributed by atoms with E-state index in [1.54, 1.807) is 6.20 Å². The molecule has 1 aromatic heterocycles. The van der Waals surface area contributed by atoms with Gasteiger partial charge in [0, 0.05) is 23.8 Å². The highest BCUT2D eigenvalue weighted by molar-refractivity contribution is 9.11. The molecule has 0 aromatic carbocycles. The van der Waals surface area contributed by atoms with E-state index >= 15 is 0 Å². The van der Waals surface area contributed by atoms with Crippen LogP contribution in [0.2, 0.25) is 0 Å². The van der Waals surface area contributed by atoms with Crippen LogP contribution in [0, 0.1) is 5.41 Å². The molecule has 5 heteroatoms. The summed E-state index contributed by atoms with van der Waals surface area (Å²) in [6.45, 7) is 5.45. The van der Waals surface area contributed by atoms with Gasteiger partial charge < -0.3 is 10.4 Å². The van der Waals surface area contributed by atoms with Gasteiger partial charge in [-0.2, -0.15) is 0 Å². The first-order valence-electron chi connectivity index (χ1n) is 5.60. The van der Waals surface area contributed by atoms with E-state index in [1.807, 2.05) is 6.07 Å². The summed E-state index contributed by atoms with van der Waals surface area (Å²) in [5, 5.41) is 12.2. The summed E-state index contributed by atoms with van der Waals surface area (Å²) < 4.78 is 1.90. The first-order chi connectivity index (χ1) is 7.94. The van der Waals surface area contributed by atoms with Crippen LogP contribution >= 0.6 is 31.9 Å². The zero-order valence-electron chi connectivity index (χ0n) is 10.1. The predicted molar refractivity (Wildman–Crippen MR) is 78.2 cm³/mol. The largest absolute Gasteiger partial charge is 0.396 e. The van der Waals surface area contributed by atoms with E-state index < -0.39 is 0 Å². The molecule has 1 rings (SSSR count). The van der Waals surface area contributed by atoms with Gasteiger partial charge in [-0.15, -0.1) is 0 Å². The van der Waals surface area contributed by atoms with Gasteiger partial charge in [0.1, 0.15) is 5.82 Å². The Hall–Kier alpha value is -0.130. The molecule has 0 aliphatic rings. The monoisotopic (exact) mass is 364 g/mol. The number of hydrogen-bond donors (Lipinski definition) is 2. The van der Waals surface area contributed by atoms with Gasteiger partial charge in [0.15, 0.2) is 0 Å². The van der Waals surface area contributed by atoms with Gasteiger partial charge in [-0.3, -0.25) is 0 Å². The van der Waals surface area contributed by atoms with Crippen molar-refractivity contribution in [2.75, 3.05) is 18.5 Å². The van der Waals surface area contributed by atoms with Gasteiger partial charge in [-0.25, -0.2) is 4.98 Å². The molecule has 1 aromatic rings. The van der Waals surface area contributed by atoms with Crippen LogP contribution in [0.4, 0.5) is 5.82 Å². The molecule has 1 heterocycles. The van der Waals surface area contributed by atoms with Gasteiger partial charge in [0.05, 0.1) is 4.47 Å².